The van der Waals surface area contributed by atoms with Crippen LogP contribution < -0.4 is 16.4 Å². The summed E-state index contributed by atoms with van der Waals surface area (Å²) in [5.74, 6) is 0.998. The Morgan fingerprint density at radius 2 is 1.35 bits per heavy atom. The molecule has 2 aromatic heterocycles. The lowest BCUT2D eigenvalue weighted by atomic mass is 9.34. The molecule has 49 heavy (non-hydrogen) atoms. The molecule has 2 aliphatic heterocycles. The summed E-state index contributed by atoms with van der Waals surface area (Å²) < 4.78 is 5.08. The van der Waals surface area contributed by atoms with Crippen molar-refractivity contribution < 1.29 is 0 Å². The topological polar surface area (TPSA) is 22.8 Å². The van der Waals surface area contributed by atoms with Crippen LogP contribution in [0.2, 0.25) is 0 Å². The zero-order valence-electron chi connectivity index (χ0n) is 27.5. The second-order valence-electron chi connectivity index (χ2n) is 14.8. The number of imidazole rings is 1. The Kier molecular flexibility index (Phi) is 4.58. The Morgan fingerprint density at radius 1 is 0.592 bits per heavy atom. The van der Waals surface area contributed by atoms with Crippen molar-refractivity contribution in [1.29, 1.82) is 0 Å². The zero-order chi connectivity index (χ0) is 32.3. The lowest BCUT2D eigenvalue weighted by Gasteiger charge is -2.34. The summed E-state index contributed by atoms with van der Waals surface area (Å²) in [4.78, 5) is 5.50. The van der Waals surface area contributed by atoms with Crippen molar-refractivity contribution in [1.82, 2.24) is 14.1 Å². The van der Waals surface area contributed by atoms with E-state index in [1.165, 1.54) is 93.7 Å². The van der Waals surface area contributed by atoms with E-state index in [0.29, 0.717) is 0 Å². The van der Waals surface area contributed by atoms with E-state index in [2.05, 4.69) is 157 Å². The first-order valence-corrected chi connectivity index (χ1v) is 17.4. The van der Waals surface area contributed by atoms with E-state index < -0.39 is 0 Å². The third kappa shape index (κ3) is 3.01. The van der Waals surface area contributed by atoms with Gasteiger partial charge < -0.3 is 4.57 Å². The number of hydrogen-bond donors (Lipinski definition) is 0. The number of aromatic nitrogens is 3. The molecule has 0 spiro atoms. The molecule has 0 atom stereocenters. The number of fused-ring (bicyclic) bond motifs is 12. The Labute approximate surface area is 284 Å². The SMILES string of the molecule is Cc1cc2c3c(c1)-n1c4cc5c(cc4c4cccc(c41)B3c1cc3ccccc3c3nc(-c4ccccc4)n-2c13)-c1ccccc1C5(C)C. The Balaban J connectivity index is 1.27. The fourth-order valence-electron chi connectivity index (χ4n) is 9.86. The summed E-state index contributed by atoms with van der Waals surface area (Å²) in [5, 5.41) is 5.09. The summed E-state index contributed by atoms with van der Waals surface area (Å²) in [7, 11) is 0. The molecule has 0 bridgehead atoms. The van der Waals surface area contributed by atoms with E-state index in [1.807, 2.05) is 0 Å². The monoisotopic (exact) mass is 623 g/mol. The number of aryl methyl sites for hydroxylation is 1. The largest absolute Gasteiger partial charge is 0.310 e. The number of rotatable bonds is 1. The maximum Gasteiger partial charge on any atom is 0.252 e. The molecule has 0 unspecified atom stereocenters. The molecular formula is C45H30BN3. The van der Waals surface area contributed by atoms with Gasteiger partial charge in [0.2, 0.25) is 0 Å². The van der Waals surface area contributed by atoms with E-state index in [1.54, 1.807) is 0 Å². The summed E-state index contributed by atoms with van der Waals surface area (Å²) in [6.45, 7) is 7.11. The van der Waals surface area contributed by atoms with Gasteiger partial charge in [-0.15, -0.1) is 0 Å². The van der Waals surface area contributed by atoms with Gasteiger partial charge in [0.15, 0.2) is 0 Å². The van der Waals surface area contributed by atoms with Gasteiger partial charge in [-0.05, 0) is 80.8 Å². The van der Waals surface area contributed by atoms with Gasteiger partial charge in [0, 0.05) is 44.0 Å². The molecule has 0 N–H and O–H groups in total. The van der Waals surface area contributed by atoms with Crippen LogP contribution in [0.15, 0.2) is 127 Å². The predicted molar refractivity (Wildman–Crippen MR) is 205 cm³/mol. The van der Waals surface area contributed by atoms with Crippen molar-refractivity contribution in [3.63, 3.8) is 0 Å². The van der Waals surface area contributed by atoms with Gasteiger partial charge in [-0.2, -0.15) is 0 Å². The molecule has 4 heteroatoms. The van der Waals surface area contributed by atoms with E-state index in [0.717, 1.165) is 16.9 Å². The molecule has 0 saturated carbocycles. The van der Waals surface area contributed by atoms with Crippen LogP contribution in [0.1, 0.15) is 30.5 Å². The molecule has 0 radical (unpaired) electrons. The average Bonchev–Trinajstić information content (AvgIpc) is 3.76. The molecule has 0 saturated heterocycles. The molecule has 9 aromatic rings. The third-order valence-electron chi connectivity index (χ3n) is 11.9. The van der Waals surface area contributed by atoms with Crippen LogP contribution in [0.25, 0.3) is 77.5 Å². The fraction of sp³-hybridized carbons (Fsp3) is 0.0889. The van der Waals surface area contributed by atoms with Gasteiger partial charge in [0.1, 0.15) is 5.82 Å². The molecule has 12 rings (SSSR count). The van der Waals surface area contributed by atoms with Gasteiger partial charge >= 0.3 is 0 Å². The van der Waals surface area contributed by atoms with E-state index in [4.69, 9.17) is 4.98 Å². The maximum atomic E-state index is 5.50. The highest BCUT2D eigenvalue weighted by molar-refractivity contribution is 7.00. The summed E-state index contributed by atoms with van der Waals surface area (Å²) in [5.41, 5.74) is 19.4. The standard InChI is InChI=1S/C45H30BN3/c1-25-20-38-40-39(21-25)49-43-36(22-27-14-7-8-15-28(27)41(43)47-44(49)26-12-5-4-6-13-26)46(40)35-19-11-17-30-32-23-31-29-16-9-10-18-33(29)45(2,3)34(31)24-37(32)48(38)42(30)35/h4-24H,1-3H3. The van der Waals surface area contributed by atoms with Crippen molar-refractivity contribution in [3.05, 3.63) is 144 Å². The summed E-state index contributed by atoms with van der Waals surface area (Å²) >= 11 is 0. The van der Waals surface area contributed by atoms with Crippen LogP contribution >= 0.6 is 0 Å². The first-order valence-electron chi connectivity index (χ1n) is 17.4. The number of hydrogen-bond acceptors (Lipinski definition) is 1. The normalized spacial score (nSPS) is 14.6. The van der Waals surface area contributed by atoms with Crippen LogP contribution in [0.5, 0.6) is 0 Å². The van der Waals surface area contributed by atoms with Crippen molar-refractivity contribution in [3.8, 4) is 33.9 Å². The Hall–Kier alpha value is -5.87. The van der Waals surface area contributed by atoms with E-state index >= 15 is 0 Å². The van der Waals surface area contributed by atoms with Gasteiger partial charge in [0.05, 0.1) is 16.6 Å². The van der Waals surface area contributed by atoms with E-state index in [9.17, 15) is 0 Å². The average molecular weight is 624 g/mol. The minimum absolute atomic E-state index is 0.0735. The summed E-state index contributed by atoms with van der Waals surface area (Å²) in [6, 6.07) is 47.8. The van der Waals surface area contributed by atoms with Crippen LogP contribution in [-0.4, -0.2) is 20.8 Å². The third-order valence-corrected chi connectivity index (χ3v) is 11.9. The fourth-order valence-corrected chi connectivity index (χ4v) is 9.86. The lowest BCUT2D eigenvalue weighted by molar-refractivity contribution is 0.661. The highest BCUT2D eigenvalue weighted by Gasteiger charge is 2.43. The zero-order valence-corrected chi connectivity index (χ0v) is 27.5. The molecule has 228 valence electrons. The van der Waals surface area contributed by atoms with Gasteiger partial charge in [-0.25, -0.2) is 4.98 Å². The molecule has 1 aliphatic carbocycles. The van der Waals surface area contributed by atoms with Crippen molar-refractivity contribution in [2.45, 2.75) is 26.2 Å². The van der Waals surface area contributed by atoms with Crippen LogP contribution in [0.3, 0.4) is 0 Å². The predicted octanol–water partition coefficient (Wildman–Crippen LogP) is 8.70. The van der Waals surface area contributed by atoms with Crippen LogP contribution in [0.4, 0.5) is 0 Å². The van der Waals surface area contributed by atoms with Gasteiger partial charge in [0.25, 0.3) is 6.71 Å². The van der Waals surface area contributed by atoms with Crippen molar-refractivity contribution in [2.24, 2.45) is 0 Å². The van der Waals surface area contributed by atoms with E-state index in [-0.39, 0.29) is 12.1 Å². The maximum absolute atomic E-state index is 5.50. The highest BCUT2D eigenvalue weighted by atomic mass is 15.1. The van der Waals surface area contributed by atoms with Crippen LogP contribution in [-0.2, 0) is 5.41 Å². The minimum Gasteiger partial charge on any atom is -0.310 e. The number of nitrogens with zero attached hydrogens (tertiary/aromatic N) is 3. The first-order chi connectivity index (χ1) is 24.0. The molecule has 3 aliphatic rings. The molecule has 4 heterocycles. The van der Waals surface area contributed by atoms with Gasteiger partial charge in [-0.3, -0.25) is 4.57 Å². The molecule has 0 amide bonds. The van der Waals surface area contributed by atoms with Crippen molar-refractivity contribution in [2.75, 3.05) is 0 Å². The molecule has 3 nitrogen and oxygen atoms in total. The molecule has 7 aromatic carbocycles. The Bertz CT molecular complexity index is 2980. The molecule has 0 fully saturated rings. The highest BCUT2D eigenvalue weighted by Crippen LogP contribution is 2.51. The van der Waals surface area contributed by atoms with Crippen LogP contribution in [0, 0.1) is 6.92 Å². The lowest BCUT2D eigenvalue weighted by Crippen LogP contribution is -2.59. The number of benzene rings is 7. The quantitative estimate of drug-likeness (QED) is 0.168. The smallest absolute Gasteiger partial charge is 0.252 e. The second-order valence-corrected chi connectivity index (χ2v) is 14.8. The molecular weight excluding hydrogens is 593 g/mol. The van der Waals surface area contributed by atoms with Crippen molar-refractivity contribution >= 4 is 66.7 Å². The number of para-hydroxylation sites is 1. The van der Waals surface area contributed by atoms with Gasteiger partial charge in [-0.1, -0.05) is 117 Å². The minimum atomic E-state index is -0.0735. The Morgan fingerprint density at radius 3 is 2.22 bits per heavy atom. The summed E-state index contributed by atoms with van der Waals surface area (Å²) in [6.07, 6.45) is 0. The first kappa shape index (κ1) is 26.1. The second kappa shape index (κ2) is 8.58.